The van der Waals surface area contributed by atoms with Crippen molar-refractivity contribution in [1.29, 1.82) is 0 Å². The Morgan fingerprint density at radius 1 is 1.64 bits per heavy atom. The van der Waals surface area contributed by atoms with Gasteiger partial charge in [-0.3, -0.25) is 5.73 Å². The van der Waals surface area contributed by atoms with Crippen LogP contribution in [-0.2, 0) is 0 Å². The number of ether oxygens (including phenoxy) is 1. The van der Waals surface area contributed by atoms with Gasteiger partial charge in [0.15, 0.2) is 0 Å². The molecule has 0 fully saturated rings. The molecule has 0 spiro atoms. The highest BCUT2D eigenvalue weighted by molar-refractivity contribution is 6.33. The lowest BCUT2D eigenvalue weighted by atomic mass is 10.2. The topological polar surface area (TPSA) is 70.3 Å². The molecular formula is C9H9ClNO3. The lowest BCUT2D eigenvalue weighted by Gasteiger charge is -2.08. The molecule has 1 rings (SSSR count). The van der Waals surface area contributed by atoms with Gasteiger partial charge in [0.2, 0.25) is 0 Å². The Kier molecular flexibility index (Phi) is 3.19. The van der Waals surface area contributed by atoms with Crippen molar-refractivity contribution in [1.82, 2.24) is 5.73 Å². The van der Waals surface area contributed by atoms with E-state index in [-0.39, 0.29) is 22.0 Å². The van der Waals surface area contributed by atoms with E-state index in [1.807, 2.05) is 0 Å². The zero-order chi connectivity index (χ0) is 10.7. The summed E-state index contributed by atoms with van der Waals surface area (Å²) in [6.45, 7) is 2.09. The minimum atomic E-state index is -1.12. The molecular weight excluding hydrogens is 206 g/mol. The van der Waals surface area contributed by atoms with Gasteiger partial charge in [-0.15, -0.1) is 0 Å². The molecule has 4 nitrogen and oxygen atoms in total. The summed E-state index contributed by atoms with van der Waals surface area (Å²) >= 11 is 5.62. The average molecular weight is 215 g/mol. The minimum Gasteiger partial charge on any atom is -0.493 e. The lowest BCUT2D eigenvalue weighted by Crippen LogP contribution is -2.03. The van der Waals surface area contributed by atoms with E-state index in [2.05, 4.69) is 0 Å². The van der Waals surface area contributed by atoms with Gasteiger partial charge in [-0.25, -0.2) is 4.79 Å². The predicted octanol–water partition coefficient (Wildman–Crippen LogP) is 2.35. The van der Waals surface area contributed by atoms with Crippen LogP contribution in [0.1, 0.15) is 17.3 Å². The van der Waals surface area contributed by atoms with E-state index in [1.54, 1.807) is 6.92 Å². The first-order valence-electron chi connectivity index (χ1n) is 3.97. The number of carboxylic acid groups (broad SMARTS) is 1. The monoisotopic (exact) mass is 214 g/mol. The third-order valence-electron chi connectivity index (χ3n) is 1.60. The molecule has 75 valence electrons. The molecule has 0 aliphatic carbocycles. The van der Waals surface area contributed by atoms with Crippen LogP contribution in [0.5, 0.6) is 5.75 Å². The Bertz CT molecular complexity index is 365. The number of rotatable bonds is 3. The summed E-state index contributed by atoms with van der Waals surface area (Å²) in [6.07, 6.45) is 0. The standard InChI is InChI=1S/C9H9ClNO3/c1-2-14-8-4-7(11)6(10)3-5(8)9(12)13/h3-4,11H,2H2,1H3,(H,12,13). The molecule has 0 saturated carbocycles. The van der Waals surface area contributed by atoms with E-state index >= 15 is 0 Å². The van der Waals surface area contributed by atoms with Gasteiger partial charge in [-0.05, 0) is 13.0 Å². The van der Waals surface area contributed by atoms with Crippen molar-refractivity contribution in [2.75, 3.05) is 6.61 Å². The number of carboxylic acids is 1. The number of halogens is 1. The number of nitrogens with one attached hydrogen (secondary N) is 1. The van der Waals surface area contributed by atoms with E-state index in [1.165, 1.54) is 12.1 Å². The van der Waals surface area contributed by atoms with Crippen LogP contribution in [0.15, 0.2) is 12.1 Å². The van der Waals surface area contributed by atoms with Gasteiger partial charge < -0.3 is 9.84 Å². The summed E-state index contributed by atoms with van der Waals surface area (Å²) in [5.41, 5.74) is 7.41. The number of hydrogen-bond donors (Lipinski definition) is 1. The van der Waals surface area contributed by atoms with Crippen molar-refractivity contribution in [3.05, 3.63) is 22.7 Å². The molecule has 0 bridgehead atoms. The molecule has 0 atom stereocenters. The third-order valence-corrected chi connectivity index (χ3v) is 1.91. The second-order valence-electron chi connectivity index (χ2n) is 2.57. The Labute approximate surface area is 86.2 Å². The highest BCUT2D eigenvalue weighted by Gasteiger charge is 2.14. The van der Waals surface area contributed by atoms with Crippen molar-refractivity contribution < 1.29 is 14.6 Å². The highest BCUT2D eigenvalue weighted by Crippen LogP contribution is 2.29. The van der Waals surface area contributed by atoms with Crippen LogP contribution in [0.3, 0.4) is 0 Å². The van der Waals surface area contributed by atoms with Crippen molar-refractivity contribution in [3.8, 4) is 5.75 Å². The second kappa shape index (κ2) is 4.19. The maximum Gasteiger partial charge on any atom is 0.339 e. The fourth-order valence-electron chi connectivity index (χ4n) is 0.995. The Balaban J connectivity index is 3.24. The first-order valence-corrected chi connectivity index (χ1v) is 4.35. The zero-order valence-corrected chi connectivity index (χ0v) is 8.26. The maximum atomic E-state index is 10.8. The van der Waals surface area contributed by atoms with Crippen LogP contribution >= 0.6 is 11.6 Å². The van der Waals surface area contributed by atoms with Crippen molar-refractivity contribution >= 4 is 23.3 Å². The number of benzene rings is 1. The third kappa shape index (κ3) is 2.09. The van der Waals surface area contributed by atoms with Gasteiger partial charge in [0.25, 0.3) is 0 Å². The Morgan fingerprint density at radius 2 is 2.29 bits per heavy atom. The first-order chi connectivity index (χ1) is 6.56. The van der Waals surface area contributed by atoms with E-state index < -0.39 is 5.97 Å². The summed E-state index contributed by atoms with van der Waals surface area (Å²) in [5.74, 6) is -0.940. The van der Waals surface area contributed by atoms with E-state index in [4.69, 9.17) is 27.2 Å². The minimum absolute atomic E-state index is 0.0205. The molecule has 1 aromatic carbocycles. The van der Waals surface area contributed by atoms with Crippen LogP contribution in [-0.4, -0.2) is 17.7 Å². The van der Waals surface area contributed by atoms with Crippen LogP contribution in [0.2, 0.25) is 5.02 Å². The molecule has 0 aliphatic heterocycles. The van der Waals surface area contributed by atoms with Crippen LogP contribution in [0, 0.1) is 0 Å². The summed E-state index contributed by atoms with van der Waals surface area (Å²) in [5, 5.41) is 8.91. The molecule has 1 radical (unpaired) electrons. The van der Waals surface area contributed by atoms with Gasteiger partial charge in [-0.1, -0.05) is 11.6 Å². The highest BCUT2D eigenvalue weighted by atomic mass is 35.5. The summed E-state index contributed by atoms with van der Waals surface area (Å²) in [6, 6.07) is 2.52. The fourth-order valence-corrected chi connectivity index (χ4v) is 1.16. The largest absolute Gasteiger partial charge is 0.493 e. The van der Waals surface area contributed by atoms with Gasteiger partial charge in [0, 0.05) is 6.07 Å². The number of carbonyl (C=O) groups is 1. The molecule has 1 aromatic rings. The Hall–Kier alpha value is -1.42. The molecule has 0 aliphatic rings. The molecule has 0 saturated heterocycles. The molecule has 0 aromatic heterocycles. The number of hydrogen-bond acceptors (Lipinski definition) is 2. The van der Waals surface area contributed by atoms with Gasteiger partial charge in [0.1, 0.15) is 11.3 Å². The summed E-state index contributed by atoms with van der Waals surface area (Å²) in [4.78, 5) is 10.8. The first kappa shape index (κ1) is 10.7. The molecule has 0 heterocycles. The molecule has 2 N–H and O–H groups in total. The van der Waals surface area contributed by atoms with Gasteiger partial charge in [0.05, 0.1) is 17.3 Å². The van der Waals surface area contributed by atoms with Gasteiger partial charge in [-0.2, -0.15) is 0 Å². The molecule has 5 heteroatoms. The van der Waals surface area contributed by atoms with Crippen molar-refractivity contribution in [2.24, 2.45) is 0 Å². The molecule has 14 heavy (non-hydrogen) atoms. The van der Waals surface area contributed by atoms with E-state index in [0.29, 0.717) is 6.61 Å². The molecule has 0 amide bonds. The fraction of sp³-hybridized carbons (Fsp3) is 0.222. The van der Waals surface area contributed by atoms with Crippen LogP contribution < -0.4 is 10.5 Å². The summed E-state index contributed by atoms with van der Waals surface area (Å²) in [7, 11) is 0. The smallest absolute Gasteiger partial charge is 0.339 e. The Morgan fingerprint density at radius 3 is 2.79 bits per heavy atom. The molecule has 0 unspecified atom stereocenters. The second-order valence-corrected chi connectivity index (χ2v) is 2.97. The predicted molar refractivity (Wildman–Crippen MR) is 52.3 cm³/mol. The number of aromatic carboxylic acids is 1. The van der Waals surface area contributed by atoms with Crippen molar-refractivity contribution in [2.45, 2.75) is 6.92 Å². The van der Waals surface area contributed by atoms with Gasteiger partial charge >= 0.3 is 5.97 Å². The lowest BCUT2D eigenvalue weighted by molar-refractivity contribution is 0.0692. The van der Waals surface area contributed by atoms with Crippen LogP contribution in [0.4, 0.5) is 5.69 Å². The van der Waals surface area contributed by atoms with E-state index in [0.717, 1.165) is 0 Å². The zero-order valence-electron chi connectivity index (χ0n) is 7.50. The van der Waals surface area contributed by atoms with Crippen molar-refractivity contribution in [3.63, 3.8) is 0 Å². The van der Waals surface area contributed by atoms with Crippen LogP contribution in [0.25, 0.3) is 0 Å². The quantitative estimate of drug-likeness (QED) is 0.840. The maximum absolute atomic E-state index is 10.8. The SMILES string of the molecule is CCOc1cc([NH])c(Cl)cc1C(=O)O. The summed E-state index contributed by atoms with van der Waals surface area (Å²) < 4.78 is 5.07. The average Bonchev–Trinajstić information content (AvgIpc) is 2.11. The van der Waals surface area contributed by atoms with E-state index in [9.17, 15) is 4.79 Å². The normalized spacial score (nSPS) is 9.86.